The summed E-state index contributed by atoms with van der Waals surface area (Å²) in [6.07, 6.45) is 6.29. The molecule has 1 aromatic heterocycles. The predicted octanol–water partition coefficient (Wildman–Crippen LogP) is 3.06. The predicted molar refractivity (Wildman–Crippen MR) is 111 cm³/mol. The van der Waals surface area contributed by atoms with Gasteiger partial charge in [-0.1, -0.05) is 18.2 Å². The normalized spacial score (nSPS) is 19.9. The Hall–Kier alpha value is -2.80. The summed E-state index contributed by atoms with van der Waals surface area (Å²) in [6, 6.07) is 11.5. The molecular formula is C22H28N4O3. The van der Waals surface area contributed by atoms with Gasteiger partial charge in [-0.15, -0.1) is 0 Å². The minimum Gasteiger partial charge on any atom is -0.469 e. The van der Waals surface area contributed by atoms with Crippen molar-refractivity contribution < 1.29 is 14.0 Å². The first-order chi connectivity index (χ1) is 14.2. The van der Waals surface area contributed by atoms with Crippen molar-refractivity contribution in [3.05, 3.63) is 54.0 Å². The molecule has 0 bridgehead atoms. The Balaban J connectivity index is 1.18. The minimum atomic E-state index is -0.121. The SMILES string of the molecule is O=C(CN1CCC(NC(=O)NC2CCCc3occc32)CC1)Nc1ccccc1. The molecule has 0 radical (unpaired) electrons. The number of amides is 3. The fraction of sp³-hybridized carbons (Fsp3) is 0.455. The summed E-state index contributed by atoms with van der Waals surface area (Å²) >= 11 is 0. The fourth-order valence-corrected chi connectivity index (χ4v) is 4.18. The van der Waals surface area contributed by atoms with Gasteiger partial charge in [0, 0.05) is 36.8 Å². The molecule has 1 atom stereocenters. The molecule has 1 saturated heterocycles. The third kappa shape index (κ3) is 5.17. The van der Waals surface area contributed by atoms with E-state index in [4.69, 9.17) is 4.42 Å². The third-order valence-corrected chi connectivity index (χ3v) is 5.70. The van der Waals surface area contributed by atoms with Crippen LogP contribution in [-0.4, -0.2) is 42.5 Å². The molecule has 0 spiro atoms. The third-order valence-electron chi connectivity index (χ3n) is 5.70. The summed E-state index contributed by atoms with van der Waals surface area (Å²) in [6.45, 7) is 1.96. The van der Waals surface area contributed by atoms with Crippen molar-refractivity contribution in [3.63, 3.8) is 0 Å². The second kappa shape index (κ2) is 9.13. The Kier molecular flexibility index (Phi) is 6.14. The molecule has 2 heterocycles. The van der Waals surface area contributed by atoms with Gasteiger partial charge in [0.15, 0.2) is 0 Å². The van der Waals surface area contributed by atoms with E-state index < -0.39 is 0 Å². The fourth-order valence-electron chi connectivity index (χ4n) is 4.18. The highest BCUT2D eigenvalue weighted by molar-refractivity contribution is 5.92. The maximum Gasteiger partial charge on any atom is 0.315 e. The van der Waals surface area contributed by atoms with Crippen LogP contribution in [0.1, 0.15) is 43.0 Å². The number of para-hydroxylation sites is 1. The molecule has 3 amide bonds. The number of carbonyl (C=O) groups is 2. The van der Waals surface area contributed by atoms with E-state index in [1.165, 1.54) is 0 Å². The molecule has 7 nitrogen and oxygen atoms in total. The quantitative estimate of drug-likeness (QED) is 0.725. The average Bonchev–Trinajstić information content (AvgIpc) is 3.20. The van der Waals surface area contributed by atoms with Crippen molar-refractivity contribution in [2.24, 2.45) is 0 Å². The summed E-state index contributed by atoms with van der Waals surface area (Å²) in [5, 5.41) is 9.10. The lowest BCUT2D eigenvalue weighted by Crippen LogP contribution is -2.49. The summed E-state index contributed by atoms with van der Waals surface area (Å²) in [7, 11) is 0. The van der Waals surface area contributed by atoms with Crippen LogP contribution in [0, 0.1) is 0 Å². The van der Waals surface area contributed by atoms with Gasteiger partial charge in [0.2, 0.25) is 5.91 Å². The number of nitrogens with zero attached hydrogens (tertiary/aromatic N) is 1. The van der Waals surface area contributed by atoms with E-state index in [0.717, 1.165) is 62.2 Å². The van der Waals surface area contributed by atoms with E-state index in [2.05, 4.69) is 20.9 Å². The van der Waals surface area contributed by atoms with Gasteiger partial charge in [-0.2, -0.15) is 0 Å². The molecule has 0 saturated carbocycles. The lowest BCUT2D eigenvalue weighted by atomic mass is 9.93. The number of likely N-dealkylation sites (tertiary alicyclic amines) is 1. The van der Waals surface area contributed by atoms with Crippen LogP contribution in [-0.2, 0) is 11.2 Å². The molecule has 1 aliphatic carbocycles. The molecule has 3 N–H and O–H groups in total. The zero-order chi connectivity index (χ0) is 20.1. The maximum atomic E-state index is 12.4. The molecule has 1 aliphatic heterocycles. The van der Waals surface area contributed by atoms with E-state index in [0.29, 0.717) is 6.54 Å². The van der Waals surface area contributed by atoms with E-state index in [1.54, 1.807) is 6.26 Å². The van der Waals surface area contributed by atoms with Gasteiger partial charge >= 0.3 is 6.03 Å². The Morgan fingerprint density at radius 2 is 1.83 bits per heavy atom. The van der Waals surface area contributed by atoms with Crippen molar-refractivity contribution in [2.75, 3.05) is 25.0 Å². The van der Waals surface area contributed by atoms with Gasteiger partial charge in [-0.05, 0) is 43.9 Å². The van der Waals surface area contributed by atoms with Crippen LogP contribution >= 0.6 is 0 Å². The summed E-state index contributed by atoms with van der Waals surface area (Å²) < 4.78 is 5.49. The van der Waals surface area contributed by atoms with Crippen LogP contribution < -0.4 is 16.0 Å². The van der Waals surface area contributed by atoms with E-state index in [1.807, 2.05) is 36.4 Å². The van der Waals surface area contributed by atoms with Crippen LogP contribution in [0.5, 0.6) is 0 Å². The number of carbonyl (C=O) groups excluding carboxylic acids is 2. The summed E-state index contributed by atoms with van der Waals surface area (Å²) in [5.41, 5.74) is 1.92. The Labute approximate surface area is 170 Å². The summed E-state index contributed by atoms with van der Waals surface area (Å²) in [4.78, 5) is 26.8. The molecule has 29 heavy (non-hydrogen) atoms. The van der Waals surface area contributed by atoms with Crippen molar-refractivity contribution in [3.8, 4) is 0 Å². The van der Waals surface area contributed by atoms with E-state index >= 15 is 0 Å². The zero-order valence-corrected chi connectivity index (χ0v) is 16.5. The first-order valence-electron chi connectivity index (χ1n) is 10.4. The first kappa shape index (κ1) is 19.5. The number of piperidine rings is 1. The molecule has 1 fully saturated rings. The van der Waals surface area contributed by atoms with Crippen molar-refractivity contribution in [1.82, 2.24) is 15.5 Å². The van der Waals surface area contributed by atoms with Crippen molar-refractivity contribution in [1.29, 1.82) is 0 Å². The number of benzene rings is 1. The van der Waals surface area contributed by atoms with Gasteiger partial charge in [0.1, 0.15) is 5.76 Å². The van der Waals surface area contributed by atoms with Crippen LogP contribution in [0.25, 0.3) is 0 Å². The second-order valence-corrected chi connectivity index (χ2v) is 7.83. The number of aryl methyl sites for hydroxylation is 1. The standard InChI is InChI=1S/C22H28N4O3/c27-21(23-16-5-2-1-3-6-16)15-26-12-9-17(10-13-26)24-22(28)25-19-7-4-8-20-18(19)11-14-29-20/h1-3,5-6,11,14,17,19H,4,7-10,12-13,15H2,(H,23,27)(H2,24,25,28). The number of fused-ring (bicyclic) bond motifs is 1. The van der Waals surface area contributed by atoms with E-state index in [-0.39, 0.29) is 24.0 Å². The van der Waals surface area contributed by atoms with Gasteiger partial charge in [-0.25, -0.2) is 4.79 Å². The van der Waals surface area contributed by atoms with Gasteiger partial charge in [-0.3, -0.25) is 9.69 Å². The number of nitrogens with one attached hydrogen (secondary N) is 3. The second-order valence-electron chi connectivity index (χ2n) is 7.83. The number of anilines is 1. The van der Waals surface area contributed by atoms with Gasteiger partial charge < -0.3 is 20.4 Å². The van der Waals surface area contributed by atoms with Crippen molar-refractivity contribution in [2.45, 2.75) is 44.2 Å². The highest BCUT2D eigenvalue weighted by atomic mass is 16.3. The highest BCUT2D eigenvalue weighted by Gasteiger charge is 2.26. The number of hydrogen-bond acceptors (Lipinski definition) is 4. The molecule has 1 aromatic carbocycles. The summed E-state index contributed by atoms with van der Waals surface area (Å²) in [5.74, 6) is 0.984. The molecule has 7 heteroatoms. The molecule has 4 rings (SSSR count). The first-order valence-corrected chi connectivity index (χ1v) is 10.4. The Morgan fingerprint density at radius 3 is 2.62 bits per heavy atom. The Morgan fingerprint density at radius 1 is 1.03 bits per heavy atom. The number of urea groups is 1. The monoisotopic (exact) mass is 396 g/mol. The molecule has 1 unspecified atom stereocenters. The minimum absolute atomic E-state index is 0.00596. The number of rotatable bonds is 5. The average molecular weight is 396 g/mol. The van der Waals surface area contributed by atoms with Crippen LogP contribution in [0.2, 0.25) is 0 Å². The molecule has 2 aliphatic rings. The number of furan rings is 1. The smallest absolute Gasteiger partial charge is 0.315 e. The highest BCUT2D eigenvalue weighted by Crippen LogP contribution is 2.30. The van der Waals surface area contributed by atoms with Crippen LogP contribution in [0.15, 0.2) is 47.1 Å². The zero-order valence-electron chi connectivity index (χ0n) is 16.5. The van der Waals surface area contributed by atoms with Gasteiger partial charge in [0.25, 0.3) is 0 Å². The van der Waals surface area contributed by atoms with E-state index in [9.17, 15) is 9.59 Å². The topological polar surface area (TPSA) is 86.6 Å². The lowest BCUT2D eigenvalue weighted by molar-refractivity contribution is -0.117. The maximum absolute atomic E-state index is 12.4. The number of hydrogen-bond donors (Lipinski definition) is 3. The molecular weight excluding hydrogens is 368 g/mol. The van der Waals surface area contributed by atoms with Crippen LogP contribution in [0.3, 0.4) is 0 Å². The lowest BCUT2D eigenvalue weighted by Gasteiger charge is -2.32. The van der Waals surface area contributed by atoms with Crippen LogP contribution in [0.4, 0.5) is 10.5 Å². The van der Waals surface area contributed by atoms with Crippen molar-refractivity contribution >= 4 is 17.6 Å². The van der Waals surface area contributed by atoms with Gasteiger partial charge in [0.05, 0.1) is 18.8 Å². The Bertz CT molecular complexity index is 828. The molecule has 2 aromatic rings. The molecule has 154 valence electrons. The largest absolute Gasteiger partial charge is 0.469 e.